The lowest BCUT2D eigenvalue weighted by atomic mass is 9.81. The van der Waals surface area contributed by atoms with Crippen molar-refractivity contribution in [1.82, 2.24) is 29.9 Å². The summed E-state index contributed by atoms with van der Waals surface area (Å²) in [6.07, 6.45) is 3.57. The van der Waals surface area contributed by atoms with E-state index in [1.807, 2.05) is 109 Å². The van der Waals surface area contributed by atoms with Gasteiger partial charge in [-0.1, -0.05) is 105 Å². The van der Waals surface area contributed by atoms with Crippen molar-refractivity contribution < 1.29 is 0 Å². The molecule has 1 aliphatic rings. The quantitative estimate of drug-likeness (QED) is 0.159. The van der Waals surface area contributed by atoms with E-state index >= 15 is 0 Å². The van der Waals surface area contributed by atoms with E-state index in [1.54, 1.807) is 12.4 Å². The molecule has 0 bridgehead atoms. The van der Waals surface area contributed by atoms with Crippen LogP contribution in [0, 0.1) is 11.3 Å². The highest BCUT2D eigenvalue weighted by molar-refractivity contribution is 5.87. The summed E-state index contributed by atoms with van der Waals surface area (Å²) in [6.45, 7) is 4.47. The number of hydrogen-bond donors (Lipinski definition) is 0. The van der Waals surface area contributed by atoms with Crippen LogP contribution in [-0.2, 0) is 5.41 Å². The Hall–Kier alpha value is -7.95. The van der Waals surface area contributed by atoms with Gasteiger partial charge in [-0.05, 0) is 117 Å². The van der Waals surface area contributed by atoms with Crippen LogP contribution >= 0.6 is 0 Å². The molecule has 7 nitrogen and oxygen atoms in total. The van der Waals surface area contributed by atoms with Crippen LogP contribution in [-0.4, -0.2) is 29.9 Å². The monoisotopic (exact) mass is 757 g/mol. The first-order chi connectivity index (χ1) is 28.9. The van der Waals surface area contributed by atoms with Gasteiger partial charge in [-0.2, -0.15) is 5.26 Å². The van der Waals surface area contributed by atoms with Gasteiger partial charge in [-0.3, -0.25) is 9.97 Å². The molecular formula is C52H35N7. The number of rotatable bonds is 7. The molecule has 0 saturated carbocycles. The molecule has 278 valence electrons. The number of hydrogen-bond acceptors (Lipinski definition) is 7. The molecule has 0 atom stereocenters. The Morgan fingerprint density at radius 3 is 1.41 bits per heavy atom. The fraction of sp³-hybridized carbons (Fsp3) is 0.0577. The zero-order valence-electron chi connectivity index (χ0n) is 32.4. The number of fused-ring (bicyclic) bond motifs is 3. The van der Waals surface area contributed by atoms with Crippen LogP contribution in [0.25, 0.3) is 90.3 Å². The van der Waals surface area contributed by atoms with Crippen molar-refractivity contribution in [2.24, 2.45) is 0 Å². The molecule has 0 aliphatic heterocycles. The third kappa shape index (κ3) is 6.63. The van der Waals surface area contributed by atoms with E-state index in [0.717, 1.165) is 72.8 Å². The molecule has 0 fully saturated rings. The van der Waals surface area contributed by atoms with E-state index < -0.39 is 0 Å². The third-order valence-electron chi connectivity index (χ3n) is 11.0. The van der Waals surface area contributed by atoms with Crippen LogP contribution in [0.4, 0.5) is 0 Å². The van der Waals surface area contributed by atoms with Crippen LogP contribution in [0.3, 0.4) is 0 Å². The Morgan fingerprint density at radius 1 is 0.390 bits per heavy atom. The van der Waals surface area contributed by atoms with E-state index in [4.69, 9.17) is 19.9 Å². The summed E-state index contributed by atoms with van der Waals surface area (Å²) >= 11 is 0. The molecule has 9 aromatic rings. The van der Waals surface area contributed by atoms with Crippen molar-refractivity contribution >= 4 is 0 Å². The molecule has 0 spiro atoms. The van der Waals surface area contributed by atoms with E-state index in [2.05, 4.69) is 84.5 Å². The molecule has 7 heteroatoms. The van der Waals surface area contributed by atoms with Crippen molar-refractivity contribution in [2.75, 3.05) is 0 Å². The van der Waals surface area contributed by atoms with Crippen LogP contribution in [0.15, 0.2) is 176 Å². The van der Waals surface area contributed by atoms with Crippen molar-refractivity contribution in [3.8, 4) is 96.4 Å². The number of nitrogens with zero attached hydrogens (tertiary/aromatic N) is 7. The maximum atomic E-state index is 9.74. The fourth-order valence-electron chi connectivity index (χ4n) is 8.00. The fourth-order valence-corrected chi connectivity index (χ4v) is 8.00. The Labute approximate surface area is 342 Å². The molecule has 4 heterocycles. The number of benzene rings is 5. The minimum Gasteiger partial charge on any atom is -0.255 e. The van der Waals surface area contributed by atoms with Crippen LogP contribution in [0.2, 0.25) is 0 Å². The molecule has 4 aromatic heterocycles. The van der Waals surface area contributed by atoms with E-state index in [-0.39, 0.29) is 5.41 Å². The van der Waals surface area contributed by atoms with Gasteiger partial charge in [-0.25, -0.2) is 19.9 Å². The predicted octanol–water partition coefficient (Wildman–Crippen LogP) is 11.9. The predicted molar refractivity (Wildman–Crippen MR) is 234 cm³/mol. The van der Waals surface area contributed by atoms with Gasteiger partial charge in [0.25, 0.3) is 0 Å². The van der Waals surface area contributed by atoms with Gasteiger partial charge >= 0.3 is 0 Å². The van der Waals surface area contributed by atoms with Crippen molar-refractivity contribution in [1.29, 1.82) is 5.26 Å². The summed E-state index contributed by atoms with van der Waals surface area (Å²) < 4.78 is 0. The van der Waals surface area contributed by atoms with Gasteiger partial charge in [0.05, 0.1) is 34.4 Å². The van der Waals surface area contributed by atoms with E-state index in [9.17, 15) is 5.26 Å². The number of nitriles is 1. The van der Waals surface area contributed by atoms with Crippen molar-refractivity contribution in [3.63, 3.8) is 0 Å². The Bertz CT molecular complexity index is 2810. The maximum Gasteiger partial charge on any atom is 0.164 e. The summed E-state index contributed by atoms with van der Waals surface area (Å²) in [5, 5.41) is 9.74. The second-order valence-corrected chi connectivity index (χ2v) is 15.2. The summed E-state index contributed by atoms with van der Waals surface area (Å²) in [5.74, 6) is 1.74. The van der Waals surface area contributed by atoms with Gasteiger partial charge in [-0.15, -0.1) is 0 Å². The highest BCUT2D eigenvalue weighted by Crippen LogP contribution is 2.50. The SMILES string of the molecule is CC1(C)c2cc(C#N)ccc2-c2ccc(-c3cc(-c4cc(-c5ccccn5)nc(-c5ccccn5)c4)cc(-c4nc(-c5ccccc5)nc(-c5ccccc5)n4)c3)cc21. The molecule has 1 aliphatic carbocycles. The lowest BCUT2D eigenvalue weighted by Gasteiger charge is -2.22. The van der Waals surface area contributed by atoms with Crippen LogP contribution < -0.4 is 0 Å². The highest BCUT2D eigenvalue weighted by Gasteiger charge is 2.36. The average Bonchev–Trinajstić information content (AvgIpc) is 3.54. The van der Waals surface area contributed by atoms with Crippen molar-refractivity contribution in [3.05, 3.63) is 193 Å². The highest BCUT2D eigenvalue weighted by atomic mass is 15.0. The van der Waals surface area contributed by atoms with Gasteiger partial charge in [0.1, 0.15) is 0 Å². The molecule has 0 saturated heterocycles. The summed E-state index contributed by atoms with van der Waals surface area (Å²) in [7, 11) is 0. The molecule has 0 amide bonds. The second-order valence-electron chi connectivity index (χ2n) is 15.2. The normalized spacial score (nSPS) is 12.4. The largest absolute Gasteiger partial charge is 0.255 e. The van der Waals surface area contributed by atoms with Crippen LogP contribution in [0.5, 0.6) is 0 Å². The lowest BCUT2D eigenvalue weighted by Crippen LogP contribution is -2.15. The average molecular weight is 758 g/mol. The van der Waals surface area contributed by atoms with Crippen LogP contribution in [0.1, 0.15) is 30.5 Å². The Kier molecular flexibility index (Phi) is 8.73. The second kappa shape index (κ2) is 14.5. The third-order valence-corrected chi connectivity index (χ3v) is 11.0. The molecule has 0 unspecified atom stereocenters. The zero-order chi connectivity index (χ0) is 39.9. The zero-order valence-corrected chi connectivity index (χ0v) is 32.4. The minimum absolute atomic E-state index is 0.308. The molecule has 5 aromatic carbocycles. The first kappa shape index (κ1) is 35.5. The molecule has 59 heavy (non-hydrogen) atoms. The smallest absolute Gasteiger partial charge is 0.164 e. The van der Waals surface area contributed by atoms with E-state index in [1.165, 1.54) is 11.1 Å². The summed E-state index contributed by atoms with van der Waals surface area (Å²) in [6, 6.07) is 57.5. The first-order valence-electron chi connectivity index (χ1n) is 19.5. The number of aromatic nitrogens is 6. The van der Waals surface area contributed by atoms with Gasteiger partial charge in [0, 0.05) is 34.5 Å². The minimum atomic E-state index is -0.308. The topological polar surface area (TPSA) is 101 Å². The number of pyridine rings is 3. The first-order valence-corrected chi connectivity index (χ1v) is 19.5. The Morgan fingerprint density at radius 2 is 0.864 bits per heavy atom. The lowest BCUT2D eigenvalue weighted by molar-refractivity contribution is 0.660. The summed E-state index contributed by atoms with van der Waals surface area (Å²) in [5.41, 5.74) is 14.7. The van der Waals surface area contributed by atoms with Gasteiger partial charge in [0.2, 0.25) is 0 Å². The standard InChI is InChI=1S/C52H35N7/c1-52(2)43-25-33(32-53)19-21-41(43)42-22-20-36(29-44(42)52)37-26-38(39-30-47(45-17-9-11-23-54-45)56-48(31-39)46-18-10-12-24-55-46)28-40(27-37)51-58-49(34-13-5-3-6-14-34)57-50(59-51)35-15-7-4-8-16-35/h3-31H,1-2H3. The molecule has 10 rings (SSSR count). The molecular weight excluding hydrogens is 723 g/mol. The van der Waals surface area contributed by atoms with Gasteiger partial charge in [0.15, 0.2) is 17.5 Å². The Balaban J connectivity index is 1.21. The molecule has 0 N–H and O–H groups in total. The van der Waals surface area contributed by atoms with Gasteiger partial charge < -0.3 is 0 Å². The summed E-state index contributed by atoms with van der Waals surface area (Å²) in [4.78, 5) is 29.7. The molecule has 0 radical (unpaired) electrons. The van der Waals surface area contributed by atoms with E-state index in [0.29, 0.717) is 23.0 Å². The van der Waals surface area contributed by atoms with Crippen molar-refractivity contribution in [2.45, 2.75) is 19.3 Å². The maximum absolute atomic E-state index is 9.74.